The van der Waals surface area contributed by atoms with Crippen molar-refractivity contribution in [2.45, 2.75) is 34.1 Å². The molecule has 0 saturated carbocycles. The molecule has 0 fully saturated rings. The van der Waals surface area contributed by atoms with Gasteiger partial charge < -0.3 is 15.0 Å². The van der Waals surface area contributed by atoms with Gasteiger partial charge in [-0.05, 0) is 32.1 Å². The lowest BCUT2D eigenvalue weighted by Crippen LogP contribution is -2.31. The van der Waals surface area contributed by atoms with Gasteiger partial charge in [0.05, 0.1) is 5.70 Å². The molecule has 0 saturated heterocycles. The zero-order valence-corrected chi connectivity index (χ0v) is 18.3. The topological polar surface area (TPSA) is 125 Å². The summed E-state index contributed by atoms with van der Waals surface area (Å²) in [7, 11) is 0. The predicted molar refractivity (Wildman–Crippen MR) is 125 cm³/mol. The van der Waals surface area contributed by atoms with Gasteiger partial charge in [-0.25, -0.2) is 9.79 Å². The maximum atomic E-state index is 12.2. The van der Waals surface area contributed by atoms with Crippen molar-refractivity contribution in [1.29, 1.82) is 0 Å². The van der Waals surface area contributed by atoms with Gasteiger partial charge in [0.25, 0.3) is 0 Å². The summed E-state index contributed by atoms with van der Waals surface area (Å²) >= 11 is 0. The maximum absolute atomic E-state index is 12.2. The fourth-order valence-electron chi connectivity index (χ4n) is 2.35. The summed E-state index contributed by atoms with van der Waals surface area (Å²) < 4.78 is 5.39. The Morgan fingerprint density at radius 3 is 2.45 bits per heavy atom. The Kier molecular flexibility index (Phi) is 10.3. The van der Waals surface area contributed by atoms with Crippen LogP contribution in [0.25, 0.3) is 0 Å². The van der Waals surface area contributed by atoms with E-state index in [0.717, 1.165) is 0 Å². The molecule has 1 heterocycles. The van der Waals surface area contributed by atoms with Crippen molar-refractivity contribution in [1.82, 2.24) is 15.6 Å². The van der Waals surface area contributed by atoms with Gasteiger partial charge in [-0.2, -0.15) is 10.1 Å². The fraction of sp³-hybridized carbons (Fsp3) is 0.333. The van der Waals surface area contributed by atoms with Gasteiger partial charge in [-0.15, -0.1) is 0 Å². The van der Waals surface area contributed by atoms with E-state index in [2.05, 4.69) is 39.0 Å². The van der Waals surface area contributed by atoms with Gasteiger partial charge >= 0.3 is 6.09 Å². The van der Waals surface area contributed by atoms with Crippen molar-refractivity contribution in [3.8, 4) is 0 Å². The lowest BCUT2D eigenvalue weighted by molar-refractivity contribution is -0.117. The average molecular weight is 433 g/mol. The van der Waals surface area contributed by atoms with E-state index in [4.69, 9.17) is 4.74 Å². The van der Waals surface area contributed by atoms with Crippen molar-refractivity contribution in [2.24, 2.45) is 15.1 Å². The molecular formula is C21H32N6O4. The van der Waals surface area contributed by atoms with Crippen molar-refractivity contribution >= 4 is 35.3 Å². The van der Waals surface area contributed by atoms with Crippen LogP contribution in [0, 0.1) is 0 Å². The largest absolute Gasteiger partial charge is 0.415 e. The van der Waals surface area contributed by atoms with E-state index in [0.29, 0.717) is 18.8 Å². The second-order valence-corrected chi connectivity index (χ2v) is 6.14. The average Bonchev–Trinajstić information content (AvgIpc) is 2.88. The Labute approximate surface area is 184 Å². The van der Waals surface area contributed by atoms with Gasteiger partial charge in [0.1, 0.15) is 11.5 Å². The third-order valence-electron chi connectivity index (χ3n) is 3.82. The summed E-state index contributed by atoms with van der Waals surface area (Å²) in [6.45, 7) is 14.6. The Balaban J connectivity index is 0. The zero-order valence-electron chi connectivity index (χ0n) is 18.3. The number of hydrogen-bond acceptors (Lipinski definition) is 6. The molecular weight excluding hydrogens is 400 g/mol. The monoisotopic (exact) mass is 432 g/mol. The first kappa shape index (κ1) is 25.2. The normalized spacial score (nSPS) is 16.6. The lowest BCUT2D eigenvalue weighted by atomic mass is 10.2. The van der Waals surface area contributed by atoms with Gasteiger partial charge in [0, 0.05) is 36.2 Å². The number of nitrogens with zero attached hydrogens (tertiary/aromatic N) is 4. The van der Waals surface area contributed by atoms with Crippen molar-refractivity contribution in [3.63, 3.8) is 0 Å². The van der Waals surface area contributed by atoms with Gasteiger partial charge in [-0.3, -0.25) is 15.0 Å². The van der Waals surface area contributed by atoms with E-state index in [-0.39, 0.29) is 38.3 Å². The lowest BCUT2D eigenvalue weighted by Gasteiger charge is -2.19. The molecule has 3 amide bonds. The number of carbonyl (C=O) groups excluding carboxylic acids is 3. The molecule has 0 aromatic heterocycles. The number of hydrazone groups is 1. The molecule has 10 nitrogen and oxygen atoms in total. The van der Waals surface area contributed by atoms with E-state index < -0.39 is 12.0 Å². The summed E-state index contributed by atoms with van der Waals surface area (Å²) in [4.78, 5) is 44.7. The first-order valence-electron chi connectivity index (χ1n) is 9.66. The van der Waals surface area contributed by atoms with Crippen molar-refractivity contribution in [3.05, 3.63) is 48.9 Å². The van der Waals surface area contributed by atoms with Crippen molar-refractivity contribution in [2.75, 3.05) is 13.1 Å². The fourth-order valence-corrected chi connectivity index (χ4v) is 2.35. The highest BCUT2D eigenvalue weighted by Crippen LogP contribution is 2.10. The van der Waals surface area contributed by atoms with E-state index >= 15 is 0 Å². The molecule has 0 unspecified atom stereocenters. The highest BCUT2D eigenvalue weighted by molar-refractivity contribution is 6.45. The molecule has 170 valence electrons. The summed E-state index contributed by atoms with van der Waals surface area (Å²) in [5, 5.41) is 6.80. The molecule has 31 heavy (non-hydrogen) atoms. The van der Waals surface area contributed by atoms with Gasteiger partial charge in [0.2, 0.25) is 11.8 Å². The van der Waals surface area contributed by atoms with Crippen LogP contribution >= 0.6 is 0 Å². The molecule has 10 heteroatoms. The van der Waals surface area contributed by atoms with E-state index in [9.17, 15) is 14.4 Å². The number of amides is 3. The molecule has 0 aliphatic carbocycles. The predicted octanol–water partition coefficient (Wildman–Crippen LogP) is 2.93. The van der Waals surface area contributed by atoms with E-state index in [1.807, 2.05) is 13.8 Å². The minimum atomic E-state index is -0.533. The van der Waals surface area contributed by atoms with E-state index in [1.54, 1.807) is 12.2 Å². The minimum Gasteiger partial charge on any atom is -0.408 e. The summed E-state index contributed by atoms with van der Waals surface area (Å²) in [5.41, 5.74) is 3.36. The van der Waals surface area contributed by atoms with Crippen LogP contribution in [0.2, 0.25) is 0 Å². The number of ether oxygens (including phenoxy) is 1. The zero-order chi connectivity index (χ0) is 23.4. The second-order valence-electron chi connectivity index (χ2n) is 6.14. The van der Waals surface area contributed by atoms with Crippen molar-refractivity contribution < 1.29 is 22.0 Å². The number of nitrogens with one attached hydrogen (secondary N) is 2. The number of allylic oxidation sites excluding steroid dienone is 3. The molecule has 0 bridgehead atoms. The molecule has 1 aliphatic rings. The summed E-state index contributed by atoms with van der Waals surface area (Å²) in [5.74, 6) is -0.385. The highest BCUT2D eigenvalue weighted by Gasteiger charge is 2.16. The van der Waals surface area contributed by atoms with E-state index in [1.165, 1.54) is 30.9 Å². The highest BCUT2D eigenvalue weighted by atomic mass is 16.6. The quantitative estimate of drug-likeness (QED) is 0.363. The molecule has 1 aliphatic heterocycles. The third-order valence-corrected chi connectivity index (χ3v) is 3.82. The van der Waals surface area contributed by atoms with Crippen LogP contribution < -0.4 is 10.7 Å². The number of hydrogen-bond donors (Lipinski definition) is 2. The molecule has 1 rings (SSSR count). The second kappa shape index (κ2) is 12.7. The van der Waals surface area contributed by atoms with Gasteiger partial charge in [0.15, 0.2) is 11.6 Å². The number of amidine groups is 2. The van der Waals surface area contributed by atoms with Crippen LogP contribution in [0.5, 0.6) is 0 Å². The minimum absolute atomic E-state index is 0. The standard InChI is InChI=1S/C21H28N6O4.2H2/c1-7-16(18(8-2)31-21(30)27(9-3)10-4)25-26-17-12-11-13-19(22-14(5)28)24-20(17)23-15(6)29;;/h7-8,11,13,25H,1-2,9-10,12H2,3-6H3,(H,22,23,24,28,29);2*1H/b18-16-,26-17+;;. The number of carbonyl (C=O) groups is 3. The molecule has 0 aromatic rings. The first-order chi connectivity index (χ1) is 14.7. The van der Waals surface area contributed by atoms with Crippen LogP contribution in [0.15, 0.2) is 64.0 Å². The summed E-state index contributed by atoms with van der Waals surface area (Å²) in [6.07, 6.45) is 5.82. The number of aliphatic imine (C=N–C) groups is 2. The van der Waals surface area contributed by atoms with Crippen LogP contribution in [0.4, 0.5) is 4.79 Å². The molecule has 0 spiro atoms. The smallest absolute Gasteiger partial charge is 0.408 e. The summed E-state index contributed by atoms with van der Waals surface area (Å²) in [6, 6.07) is 0. The maximum Gasteiger partial charge on any atom is 0.415 e. The van der Waals surface area contributed by atoms with Gasteiger partial charge in [-0.1, -0.05) is 19.2 Å². The van der Waals surface area contributed by atoms with Crippen LogP contribution in [-0.2, 0) is 14.3 Å². The Bertz CT molecular complexity index is 902. The Morgan fingerprint density at radius 2 is 1.94 bits per heavy atom. The molecule has 0 radical (unpaired) electrons. The Hall–Kier alpha value is -3.82. The number of rotatable bonds is 7. The molecule has 0 atom stereocenters. The van der Waals surface area contributed by atoms with Crippen LogP contribution in [-0.4, -0.2) is 53.3 Å². The molecule has 0 aromatic carbocycles. The Morgan fingerprint density at radius 1 is 1.26 bits per heavy atom. The SMILES string of the molecule is C=C/C(N/N=C1\CC=CC(NC(C)=O)=NC1=NC(C)=O)=C(\C=C)OC(=O)N(CC)CC.[HH].[HH]. The first-order valence-corrected chi connectivity index (χ1v) is 9.66. The molecule has 2 N–H and O–H groups in total. The van der Waals surface area contributed by atoms with Crippen LogP contribution in [0.1, 0.15) is 37.0 Å². The van der Waals surface area contributed by atoms with Crippen LogP contribution in [0.3, 0.4) is 0 Å². The third kappa shape index (κ3) is 8.21.